The molecule has 0 aromatic heterocycles. The zero-order valence-electron chi connectivity index (χ0n) is 13.6. The Kier molecular flexibility index (Phi) is 6.24. The normalized spacial score (nSPS) is 15.6. The summed E-state index contributed by atoms with van der Waals surface area (Å²) >= 11 is 0. The minimum atomic E-state index is -4.57. The first-order valence-corrected chi connectivity index (χ1v) is 7.99. The van der Waals surface area contributed by atoms with E-state index in [4.69, 9.17) is 5.73 Å². The van der Waals surface area contributed by atoms with Gasteiger partial charge in [-0.1, -0.05) is 0 Å². The number of hydrogen-bond acceptors (Lipinski definition) is 4. The van der Waals surface area contributed by atoms with Gasteiger partial charge < -0.3 is 21.7 Å². The summed E-state index contributed by atoms with van der Waals surface area (Å²) in [7, 11) is 0. The Balaban J connectivity index is 1.86. The summed E-state index contributed by atoms with van der Waals surface area (Å²) in [5.74, 6) is -0.821. The highest BCUT2D eigenvalue weighted by atomic mass is 19.4. The summed E-state index contributed by atoms with van der Waals surface area (Å²) in [5, 5.41) is 8.23. The summed E-state index contributed by atoms with van der Waals surface area (Å²) in [5.41, 5.74) is 4.20. The summed E-state index contributed by atoms with van der Waals surface area (Å²) < 4.78 is 38.1. The molecule has 6 nitrogen and oxygen atoms in total. The van der Waals surface area contributed by atoms with Crippen LogP contribution >= 0.6 is 0 Å². The molecule has 0 aliphatic carbocycles. The number of piperidine rings is 1. The van der Waals surface area contributed by atoms with Gasteiger partial charge in [-0.05, 0) is 50.0 Å². The number of nitrogen functional groups attached to an aromatic ring is 1. The number of carbonyl (C=O) groups is 2. The third-order valence-corrected chi connectivity index (χ3v) is 4.08. The Morgan fingerprint density at radius 2 is 1.88 bits per heavy atom. The Morgan fingerprint density at radius 3 is 2.52 bits per heavy atom. The molecule has 138 valence electrons. The molecule has 9 heteroatoms. The molecule has 1 aliphatic heterocycles. The molecule has 2 rings (SSSR count). The van der Waals surface area contributed by atoms with Crippen molar-refractivity contribution in [3.63, 3.8) is 0 Å². The maximum absolute atomic E-state index is 12.7. The molecule has 25 heavy (non-hydrogen) atoms. The van der Waals surface area contributed by atoms with Crippen LogP contribution in [-0.4, -0.2) is 38.0 Å². The minimum Gasteiger partial charge on any atom is -0.398 e. The van der Waals surface area contributed by atoms with E-state index >= 15 is 0 Å². The minimum absolute atomic E-state index is 0.0828. The number of rotatable bonds is 5. The van der Waals surface area contributed by atoms with Crippen molar-refractivity contribution in [1.82, 2.24) is 16.0 Å². The fraction of sp³-hybridized carbons (Fsp3) is 0.500. The van der Waals surface area contributed by atoms with E-state index in [1.807, 2.05) is 0 Å². The van der Waals surface area contributed by atoms with Crippen molar-refractivity contribution >= 4 is 17.5 Å². The average molecular weight is 358 g/mol. The number of amides is 2. The molecule has 5 N–H and O–H groups in total. The van der Waals surface area contributed by atoms with Crippen molar-refractivity contribution < 1.29 is 22.8 Å². The van der Waals surface area contributed by atoms with Crippen LogP contribution in [0.2, 0.25) is 0 Å². The van der Waals surface area contributed by atoms with E-state index in [0.29, 0.717) is 18.5 Å². The van der Waals surface area contributed by atoms with Gasteiger partial charge in [0.15, 0.2) is 0 Å². The number of benzene rings is 1. The van der Waals surface area contributed by atoms with Gasteiger partial charge in [0, 0.05) is 12.2 Å². The van der Waals surface area contributed by atoms with Crippen LogP contribution in [0.3, 0.4) is 0 Å². The van der Waals surface area contributed by atoms with E-state index in [9.17, 15) is 22.8 Å². The van der Waals surface area contributed by atoms with Crippen LogP contribution in [0.4, 0.5) is 18.9 Å². The van der Waals surface area contributed by atoms with Crippen LogP contribution in [0.25, 0.3) is 0 Å². The Hall–Kier alpha value is -2.29. The summed E-state index contributed by atoms with van der Waals surface area (Å²) in [6, 6.07) is 2.50. The topological polar surface area (TPSA) is 96.2 Å². The molecule has 0 saturated carbocycles. The quantitative estimate of drug-likeness (QED) is 0.594. The highest BCUT2D eigenvalue weighted by molar-refractivity contribution is 6.00. The third-order valence-electron chi connectivity index (χ3n) is 4.08. The summed E-state index contributed by atoms with van der Waals surface area (Å²) in [6.45, 7) is 2.01. The highest BCUT2D eigenvalue weighted by Crippen LogP contribution is 2.31. The molecule has 1 fully saturated rings. The first kappa shape index (κ1) is 19.0. The monoisotopic (exact) mass is 358 g/mol. The molecule has 2 amide bonds. The second-order valence-corrected chi connectivity index (χ2v) is 5.98. The molecule has 0 atom stereocenters. The van der Waals surface area contributed by atoms with E-state index in [-0.39, 0.29) is 17.8 Å². The molecule has 1 aliphatic rings. The second-order valence-electron chi connectivity index (χ2n) is 5.98. The Labute approximate surface area is 143 Å². The fourth-order valence-corrected chi connectivity index (χ4v) is 2.59. The molecule has 0 bridgehead atoms. The molecular weight excluding hydrogens is 337 g/mol. The first-order chi connectivity index (χ1) is 11.8. The van der Waals surface area contributed by atoms with Crippen LogP contribution in [0.1, 0.15) is 28.8 Å². The average Bonchev–Trinajstić information content (AvgIpc) is 2.58. The fourth-order valence-electron chi connectivity index (χ4n) is 2.59. The summed E-state index contributed by atoms with van der Waals surface area (Å²) in [4.78, 5) is 23.8. The van der Waals surface area contributed by atoms with Crippen LogP contribution in [-0.2, 0) is 11.0 Å². The maximum atomic E-state index is 12.7. The molecule has 1 saturated heterocycles. The van der Waals surface area contributed by atoms with Crippen molar-refractivity contribution in [2.75, 3.05) is 31.9 Å². The molecule has 0 unspecified atom stereocenters. The molecule has 0 spiro atoms. The highest BCUT2D eigenvalue weighted by Gasteiger charge is 2.31. The second kappa shape index (κ2) is 8.19. The predicted octanol–water partition coefficient (Wildman–Crippen LogP) is 1.13. The van der Waals surface area contributed by atoms with Gasteiger partial charge in [0.05, 0.1) is 17.7 Å². The summed E-state index contributed by atoms with van der Waals surface area (Å²) in [6.07, 6.45) is -2.64. The van der Waals surface area contributed by atoms with Gasteiger partial charge in [-0.2, -0.15) is 13.2 Å². The van der Waals surface area contributed by atoms with Gasteiger partial charge in [0.2, 0.25) is 5.91 Å². The lowest BCUT2D eigenvalue weighted by atomic mass is 9.98. The molecule has 1 aromatic rings. The van der Waals surface area contributed by atoms with Crippen LogP contribution in [0.15, 0.2) is 18.2 Å². The smallest absolute Gasteiger partial charge is 0.398 e. The van der Waals surface area contributed by atoms with Crippen molar-refractivity contribution in [2.45, 2.75) is 19.0 Å². The number of carbonyl (C=O) groups excluding carboxylic acids is 2. The van der Waals surface area contributed by atoms with E-state index in [0.717, 1.165) is 38.1 Å². The maximum Gasteiger partial charge on any atom is 0.416 e. The largest absolute Gasteiger partial charge is 0.416 e. The number of hydrogen-bond donors (Lipinski definition) is 4. The van der Waals surface area contributed by atoms with Gasteiger partial charge in [-0.15, -0.1) is 0 Å². The lowest BCUT2D eigenvalue weighted by Gasteiger charge is -2.22. The SMILES string of the molecule is Nc1ccc(C(F)(F)F)cc1C(=O)NCC(=O)NCC1CCNCC1. The number of anilines is 1. The zero-order chi connectivity index (χ0) is 18.4. The lowest BCUT2D eigenvalue weighted by Crippen LogP contribution is -2.41. The van der Waals surface area contributed by atoms with E-state index in [1.54, 1.807) is 0 Å². The van der Waals surface area contributed by atoms with Crippen molar-refractivity contribution in [3.8, 4) is 0 Å². The van der Waals surface area contributed by atoms with Gasteiger partial charge in [-0.3, -0.25) is 9.59 Å². The van der Waals surface area contributed by atoms with E-state index in [2.05, 4.69) is 16.0 Å². The van der Waals surface area contributed by atoms with Gasteiger partial charge in [-0.25, -0.2) is 0 Å². The van der Waals surface area contributed by atoms with E-state index in [1.165, 1.54) is 0 Å². The van der Waals surface area contributed by atoms with Crippen molar-refractivity contribution in [3.05, 3.63) is 29.3 Å². The number of nitrogens with one attached hydrogen (secondary N) is 3. The van der Waals surface area contributed by atoms with Crippen LogP contribution in [0.5, 0.6) is 0 Å². The Bertz CT molecular complexity index is 628. The van der Waals surface area contributed by atoms with Gasteiger partial charge in [0.25, 0.3) is 5.91 Å². The molecule has 0 radical (unpaired) electrons. The number of nitrogens with two attached hydrogens (primary N) is 1. The standard InChI is InChI=1S/C16H21F3N4O2/c17-16(18,19)11-1-2-13(20)12(7-11)15(25)23-9-14(24)22-8-10-3-5-21-6-4-10/h1-2,7,10,21H,3-6,8-9,20H2,(H,22,24)(H,23,25). The molecule has 1 aromatic carbocycles. The van der Waals surface area contributed by atoms with Crippen molar-refractivity contribution in [2.24, 2.45) is 5.92 Å². The molecular formula is C16H21F3N4O2. The number of alkyl halides is 3. The third kappa shape index (κ3) is 5.63. The molecule has 1 heterocycles. The number of halogens is 3. The van der Waals surface area contributed by atoms with Crippen molar-refractivity contribution in [1.29, 1.82) is 0 Å². The van der Waals surface area contributed by atoms with Crippen LogP contribution < -0.4 is 21.7 Å². The van der Waals surface area contributed by atoms with Gasteiger partial charge >= 0.3 is 6.18 Å². The van der Waals surface area contributed by atoms with E-state index < -0.39 is 23.6 Å². The predicted molar refractivity (Wildman–Crippen MR) is 86.8 cm³/mol. The Morgan fingerprint density at radius 1 is 1.20 bits per heavy atom. The first-order valence-electron chi connectivity index (χ1n) is 7.99. The lowest BCUT2D eigenvalue weighted by molar-refractivity contribution is -0.137. The zero-order valence-corrected chi connectivity index (χ0v) is 13.6. The van der Waals surface area contributed by atoms with Gasteiger partial charge in [0.1, 0.15) is 0 Å². The van der Waals surface area contributed by atoms with Crippen LogP contribution in [0, 0.1) is 5.92 Å².